The number of rotatable bonds is 9. The molecule has 6 nitrogen and oxygen atoms in total. The van der Waals surface area contributed by atoms with Crippen molar-refractivity contribution < 1.29 is 19.4 Å². The Morgan fingerprint density at radius 2 is 1.87 bits per heavy atom. The van der Waals surface area contributed by atoms with Crippen molar-refractivity contribution in [2.75, 3.05) is 26.2 Å². The highest BCUT2D eigenvalue weighted by atomic mass is 16.5. The van der Waals surface area contributed by atoms with Gasteiger partial charge >= 0.3 is 5.97 Å². The van der Waals surface area contributed by atoms with Crippen molar-refractivity contribution in [3.8, 4) is 0 Å². The second kappa shape index (κ2) is 10.9. The van der Waals surface area contributed by atoms with Gasteiger partial charge in [0.2, 0.25) is 5.91 Å². The maximum Gasteiger partial charge on any atom is 0.303 e. The van der Waals surface area contributed by atoms with Crippen molar-refractivity contribution >= 4 is 11.9 Å². The number of hydrogen-bond donors (Lipinski definition) is 1. The highest BCUT2D eigenvalue weighted by molar-refractivity contribution is 5.77. The molecule has 2 atom stereocenters. The van der Waals surface area contributed by atoms with Crippen LogP contribution in [0.4, 0.5) is 0 Å². The Labute approximate surface area is 180 Å². The lowest BCUT2D eigenvalue weighted by atomic mass is 9.93. The van der Waals surface area contributed by atoms with E-state index in [9.17, 15) is 9.59 Å². The van der Waals surface area contributed by atoms with Crippen LogP contribution < -0.4 is 0 Å². The Hall–Kier alpha value is -1.92. The van der Waals surface area contributed by atoms with Gasteiger partial charge in [-0.05, 0) is 49.8 Å². The van der Waals surface area contributed by atoms with Crippen molar-refractivity contribution in [3.63, 3.8) is 0 Å². The predicted octanol–water partition coefficient (Wildman–Crippen LogP) is 3.41. The number of hydrogen-bond acceptors (Lipinski definition) is 4. The lowest BCUT2D eigenvalue weighted by molar-refractivity contribution is -0.138. The molecule has 30 heavy (non-hydrogen) atoms. The van der Waals surface area contributed by atoms with E-state index in [0.29, 0.717) is 25.5 Å². The number of carbonyl (C=O) groups excluding carboxylic acids is 1. The number of likely N-dealkylation sites (tertiary alicyclic amines) is 2. The number of carboxylic acid groups (broad SMARTS) is 1. The molecule has 6 heteroatoms. The lowest BCUT2D eigenvalue weighted by Gasteiger charge is -2.35. The van der Waals surface area contributed by atoms with Crippen LogP contribution in [0.1, 0.15) is 51.5 Å². The van der Waals surface area contributed by atoms with E-state index in [1.165, 1.54) is 0 Å². The zero-order valence-corrected chi connectivity index (χ0v) is 18.3. The summed E-state index contributed by atoms with van der Waals surface area (Å²) in [7, 11) is 0. The number of carboxylic acids is 1. The smallest absolute Gasteiger partial charge is 0.303 e. The Kier molecular flexibility index (Phi) is 8.28. The second-order valence-corrected chi connectivity index (χ2v) is 9.29. The van der Waals surface area contributed by atoms with Gasteiger partial charge in [-0.3, -0.25) is 9.59 Å². The van der Waals surface area contributed by atoms with Crippen molar-refractivity contribution in [3.05, 3.63) is 35.9 Å². The summed E-state index contributed by atoms with van der Waals surface area (Å²) < 4.78 is 6.18. The number of amides is 1. The maximum atomic E-state index is 12.9. The normalized spacial score (nSPS) is 23.2. The molecule has 1 aromatic rings. The summed E-state index contributed by atoms with van der Waals surface area (Å²) in [6.45, 7) is 8.09. The van der Waals surface area contributed by atoms with Crippen LogP contribution in [0.2, 0.25) is 0 Å². The quantitative estimate of drug-likeness (QED) is 0.668. The Morgan fingerprint density at radius 1 is 1.17 bits per heavy atom. The number of nitrogens with zero attached hydrogens (tertiary/aromatic N) is 2. The van der Waals surface area contributed by atoms with Gasteiger partial charge in [0, 0.05) is 32.0 Å². The van der Waals surface area contributed by atoms with Crippen LogP contribution in [0.3, 0.4) is 0 Å². The Morgan fingerprint density at radius 3 is 2.50 bits per heavy atom. The van der Waals surface area contributed by atoms with Crippen LogP contribution in [-0.2, 0) is 20.9 Å². The summed E-state index contributed by atoms with van der Waals surface area (Å²) in [6.07, 6.45) is 3.62. The molecule has 2 saturated heterocycles. The predicted molar refractivity (Wildman–Crippen MR) is 116 cm³/mol. The minimum absolute atomic E-state index is 0.0656. The monoisotopic (exact) mass is 416 g/mol. The van der Waals surface area contributed by atoms with Gasteiger partial charge in [-0.25, -0.2) is 0 Å². The molecule has 1 amide bonds. The molecule has 1 aromatic carbocycles. The number of benzene rings is 1. The van der Waals surface area contributed by atoms with Gasteiger partial charge in [-0.1, -0.05) is 44.2 Å². The summed E-state index contributed by atoms with van der Waals surface area (Å²) in [5, 5.41) is 9.02. The van der Waals surface area contributed by atoms with Crippen molar-refractivity contribution in [1.29, 1.82) is 0 Å². The van der Waals surface area contributed by atoms with E-state index in [2.05, 4.69) is 30.9 Å². The first-order chi connectivity index (χ1) is 14.4. The first kappa shape index (κ1) is 22.8. The molecule has 0 saturated carbocycles. The number of ether oxygens (including phenoxy) is 1. The SMILES string of the molecule is CC(C)CC(=O)N1C[C@H](OCc2ccccc2)C[C@H]1CN1CCC(CC(=O)O)CC1. The molecule has 2 heterocycles. The molecule has 0 unspecified atom stereocenters. The topological polar surface area (TPSA) is 70.1 Å². The fourth-order valence-corrected chi connectivity index (χ4v) is 4.65. The number of carbonyl (C=O) groups is 2. The zero-order valence-electron chi connectivity index (χ0n) is 18.3. The van der Waals surface area contributed by atoms with E-state index in [1.807, 2.05) is 23.1 Å². The van der Waals surface area contributed by atoms with E-state index >= 15 is 0 Å². The van der Waals surface area contributed by atoms with Crippen LogP contribution >= 0.6 is 0 Å². The average Bonchev–Trinajstić information content (AvgIpc) is 3.11. The molecule has 2 aliphatic rings. The zero-order chi connectivity index (χ0) is 21.5. The van der Waals surface area contributed by atoms with Gasteiger partial charge in [0.05, 0.1) is 12.7 Å². The van der Waals surface area contributed by atoms with Crippen LogP contribution in [0.15, 0.2) is 30.3 Å². The minimum atomic E-state index is -0.701. The van der Waals surface area contributed by atoms with E-state index in [4.69, 9.17) is 9.84 Å². The number of aliphatic carboxylic acids is 1. The van der Waals surface area contributed by atoms with E-state index < -0.39 is 5.97 Å². The summed E-state index contributed by atoms with van der Waals surface area (Å²) >= 11 is 0. The Bertz CT molecular complexity index is 686. The van der Waals surface area contributed by atoms with Crippen molar-refractivity contribution in [1.82, 2.24) is 9.80 Å². The van der Waals surface area contributed by atoms with Crippen LogP contribution in [0.25, 0.3) is 0 Å². The van der Waals surface area contributed by atoms with Gasteiger partial charge in [-0.15, -0.1) is 0 Å². The summed E-state index contributed by atoms with van der Waals surface area (Å²) in [5.74, 6) is 0.145. The Balaban J connectivity index is 1.55. The van der Waals surface area contributed by atoms with Gasteiger partial charge < -0.3 is 19.6 Å². The van der Waals surface area contributed by atoms with Crippen LogP contribution in [-0.4, -0.2) is 65.1 Å². The summed E-state index contributed by atoms with van der Waals surface area (Å²) in [6, 6.07) is 10.3. The summed E-state index contributed by atoms with van der Waals surface area (Å²) in [4.78, 5) is 28.3. The molecule has 0 aliphatic carbocycles. The molecule has 0 bridgehead atoms. The van der Waals surface area contributed by atoms with Gasteiger partial charge in [-0.2, -0.15) is 0 Å². The summed E-state index contributed by atoms with van der Waals surface area (Å²) in [5.41, 5.74) is 1.15. The average molecular weight is 417 g/mol. The van der Waals surface area contributed by atoms with Crippen molar-refractivity contribution in [2.45, 2.75) is 64.7 Å². The molecule has 0 radical (unpaired) electrons. The standard InChI is InChI=1S/C24H36N2O4/c1-18(2)12-23(27)26-16-22(30-17-20-6-4-3-5-7-20)14-21(26)15-25-10-8-19(9-11-25)13-24(28)29/h3-7,18-19,21-22H,8-17H2,1-2H3,(H,28,29)/t21-,22+/m0/s1. The lowest BCUT2D eigenvalue weighted by Crippen LogP contribution is -2.46. The molecule has 2 aliphatic heterocycles. The first-order valence-electron chi connectivity index (χ1n) is 11.3. The van der Waals surface area contributed by atoms with Gasteiger partial charge in [0.1, 0.15) is 0 Å². The molecular weight excluding hydrogens is 380 g/mol. The van der Waals surface area contributed by atoms with Crippen molar-refractivity contribution in [2.24, 2.45) is 11.8 Å². The largest absolute Gasteiger partial charge is 0.481 e. The number of piperidine rings is 1. The fraction of sp³-hybridized carbons (Fsp3) is 0.667. The highest BCUT2D eigenvalue weighted by Crippen LogP contribution is 2.27. The molecule has 2 fully saturated rings. The third kappa shape index (κ3) is 6.81. The first-order valence-corrected chi connectivity index (χ1v) is 11.3. The molecular formula is C24H36N2O4. The minimum Gasteiger partial charge on any atom is -0.481 e. The molecule has 166 valence electrons. The highest BCUT2D eigenvalue weighted by Gasteiger charge is 2.37. The van der Waals surface area contributed by atoms with Gasteiger partial charge in [0.25, 0.3) is 0 Å². The molecule has 1 N–H and O–H groups in total. The van der Waals surface area contributed by atoms with E-state index in [-0.39, 0.29) is 30.4 Å². The second-order valence-electron chi connectivity index (χ2n) is 9.29. The van der Waals surface area contributed by atoms with Crippen LogP contribution in [0.5, 0.6) is 0 Å². The van der Waals surface area contributed by atoms with Gasteiger partial charge in [0.15, 0.2) is 0 Å². The van der Waals surface area contributed by atoms with E-state index in [1.54, 1.807) is 0 Å². The molecule has 3 rings (SSSR count). The maximum absolute atomic E-state index is 12.9. The molecule has 0 spiro atoms. The van der Waals surface area contributed by atoms with E-state index in [0.717, 1.165) is 44.5 Å². The third-order valence-electron chi connectivity index (χ3n) is 6.25. The molecule has 0 aromatic heterocycles. The fourth-order valence-electron chi connectivity index (χ4n) is 4.65. The van der Waals surface area contributed by atoms with Crippen LogP contribution in [0, 0.1) is 11.8 Å². The third-order valence-corrected chi connectivity index (χ3v) is 6.25.